The zero-order valence-corrected chi connectivity index (χ0v) is 8.99. The van der Waals surface area contributed by atoms with Gasteiger partial charge in [0.05, 0.1) is 0 Å². The maximum Gasteiger partial charge on any atom is 0.119 e. The van der Waals surface area contributed by atoms with Crippen molar-refractivity contribution < 1.29 is 4.79 Å². The van der Waals surface area contributed by atoms with Gasteiger partial charge < -0.3 is 4.79 Å². The summed E-state index contributed by atoms with van der Waals surface area (Å²) in [6.45, 7) is 2.31. The molecule has 14 heavy (non-hydrogen) atoms. The molecule has 0 amide bonds. The Labute approximate surface area is 86.6 Å². The van der Waals surface area contributed by atoms with Gasteiger partial charge in [-0.3, -0.25) is 0 Å². The van der Waals surface area contributed by atoms with Crippen LogP contribution >= 0.6 is 0 Å². The number of carbonyl (C=O) groups excluding carboxylic acids is 1. The van der Waals surface area contributed by atoms with Gasteiger partial charge in [0.25, 0.3) is 0 Å². The van der Waals surface area contributed by atoms with E-state index < -0.39 is 0 Å². The topological polar surface area (TPSA) is 17.1 Å². The third-order valence-electron chi connectivity index (χ3n) is 4.13. The summed E-state index contributed by atoms with van der Waals surface area (Å²) in [4.78, 5) is 10.3. The number of allylic oxidation sites excluding steroid dienone is 2. The summed E-state index contributed by atoms with van der Waals surface area (Å²) in [6.07, 6.45) is 11.7. The van der Waals surface area contributed by atoms with Crippen molar-refractivity contribution in [1.29, 1.82) is 0 Å². The van der Waals surface area contributed by atoms with Gasteiger partial charge >= 0.3 is 0 Å². The monoisotopic (exact) mass is 192 g/mol. The molecular formula is C13H20O. The summed E-state index contributed by atoms with van der Waals surface area (Å²) in [5.41, 5.74) is 0. The summed E-state index contributed by atoms with van der Waals surface area (Å²) in [5.74, 6) is 3.51. The summed E-state index contributed by atoms with van der Waals surface area (Å²) in [5, 5.41) is 0. The molecule has 0 heterocycles. The second-order valence-corrected chi connectivity index (χ2v) is 4.78. The maximum absolute atomic E-state index is 10.3. The Hall–Kier alpha value is -0.590. The largest absolute Gasteiger partial charge is 0.303 e. The van der Waals surface area contributed by atoms with Crippen LogP contribution in [0.5, 0.6) is 0 Å². The first-order valence-corrected chi connectivity index (χ1v) is 5.98. The first kappa shape index (κ1) is 9.95. The van der Waals surface area contributed by atoms with Crippen molar-refractivity contribution in [3.8, 4) is 0 Å². The van der Waals surface area contributed by atoms with Gasteiger partial charge in [-0.05, 0) is 42.9 Å². The highest BCUT2D eigenvalue weighted by atomic mass is 16.1. The Morgan fingerprint density at radius 2 is 2.00 bits per heavy atom. The standard InChI is InChI=1S/C13H20O/c1-2-12-10-6-7-11(9-10)13(12)5-3-4-8-14/h6-8,10-13H,2-5,9H2,1H3. The molecule has 0 N–H and O–H groups in total. The minimum atomic E-state index is 0.758. The highest BCUT2D eigenvalue weighted by molar-refractivity contribution is 5.48. The summed E-state index contributed by atoms with van der Waals surface area (Å²) >= 11 is 0. The van der Waals surface area contributed by atoms with Gasteiger partial charge in [0.2, 0.25) is 0 Å². The third kappa shape index (κ3) is 1.65. The zero-order valence-electron chi connectivity index (χ0n) is 8.99. The number of unbranched alkanes of at least 4 members (excludes halogenated alkanes) is 1. The minimum absolute atomic E-state index is 0.758. The number of hydrogen-bond donors (Lipinski definition) is 0. The molecule has 0 aromatic carbocycles. The van der Waals surface area contributed by atoms with E-state index in [9.17, 15) is 4.79 Å². The molecule has 0 saturated heterocycles. The minimum Gasteiger partial charge on any atom is -0.303 e. The molecule has 2 bridgehead atoms. The van der Waals surface area contributed by atoms with Crippen LogP contribution in [0, 0.1) is 23.7 Å². The molecule has 1 fully saturated rings. The second kappa shape index (κ2) is 4.29. The molecule has 1 saturated carbocycles. The van der Waals surface area contributed by atoms with Crippen molar-refractivity contribution in [2.45, 2.75) is 39.0 Å². The lowest BCUT2D eigenvalue weighted by atomic mass is 9.79. The molecular weight excluding hydrogens is 172 g/mol. The van der Waals surface area contributed by atoms with Crippen LogP contribution in [0.2, 0.25) is 0 Å². The molecule has 2 aliphatic carbocycles. The molecule has 4 unspecified atom stereocenters. The van der Waals surface area contributed by atoms with Crippen LogP contribution in [-0.4, -0.2) is 6.29 Å². The van der Waals surface area contributed by atoms with E-state index in [0.717, 1.165) is 42.8 Å². The van der Waals surface area contributed by atoms with Crippen molar-refractivity contribution in [2.24, 2.45) is 23.7 Å². The Morgan fingerprint density at radius 1 is 1.29 bits per heavy atom. The number of fused-ring (bicyclic) bond motifs is 2. The predicted molar refractivity (Wildman–Crippen MR) is 57.9 cm³/mol. The van der Waals surface area contributed by atoms with E-state index in [-0.39, 0.29) is 0 Å². The van der Waals surface area contributed by atoms with E-state index in [0.29, 0.717) is 0 Å². The lowest BCUT2D eigenvalue weighted by molar-refractivity contribution is -0.108. The van der Waals surface area contributed by atoms with E-state index in [1.54, 1.807) is 0 Å². The molecule has 2 aliphatic rings. The second-order valence-electron chi connectivity index (χ2n) is 4.78. The Balaban J connectivity index is 1.90. The normalized spacial score (nSPS) is 39.2. The highest BCUT2D eigenvalue weighted by Crippen LogP contribution is 2.51. The number of aldehydes is 1. The Kier molecular flexibility index (Phi) is 3.05. The number of carbonyl (C=O) groups is 1. The van der Waals surface area contributed by atoms with Gasteiger partial charge in [-0.1, -0.05) is 25.5 Å². The molecule has 2 rings (SSSR count). The average molecular weight is 192 g/mol. The van der Waals surface area contributed by atoms with Crippen LogP contribution in [0.15, 0.2) is 12.2 Å². The van der Waals surface area contributed by atoms with Crippen molar-refractivity contribution in [3.63, 3.8) is 0 Å². The smallest absolute Gasteiger partial charge is 0.119 e. The molecule has 0 spiro atoms. The lowest BCUT2D eigenvalue weighted by Crippen LogP contribution is -2.18. The van der Waals surface area contributed by atoms with Crippen molar-refractivity contribution in [3.05, 3.63) is 12.2 Å². The van der Waals surface area contributed by atoms with Crippen LogP contribution in [0.1, 0.15) is 39.0 Å². The molecule has 1 nitrogen and oxygen atoms in total. The highest BCUT2D eigenvalue weighted by Gasteiger charge is 2.42. The maximum atomic E-state index is 10.3. The van der Waals surface area contributed by atoms with E-state index in [1.807, 2.05) is 0 Å². The van der Waals surface area contributed by atoms with E-state index in [1.165, 1.54) is 19.3 Å². The van der Waals surface area contributed by atoms with Crippen molar-refractivity contribution in [2.75, 3.05) is 0 Å². The molecule has 78 valence electrons. The quantitative estimate of drug-likeness (QED) is 0.371. The van der Waals surface area contributed by atoms with E-state index in [2.05, 4.69) is 19.1 Å². The fourth-order valence-electron chi connectivity index (χ4n) is 3.50. The van der Waals surface area contributed by atoms with Gasteiger partial charge in [0, 0.05) is 6.42 Å². The molecule has 4 atom stereocenters. The van der Waals surface area contributed by atoms with Crippen LogP contribution in [0.3, 0.4) is 0 Å². The number of hydrogen-bond acceptors (Lipinski definition) is 1. The summed E-state index contributed by atoms with van der Waals surface area (Å²) < 4.78 is 0. The van der Waals surface area contributed by atoms with Crippen LogP contribution in [0.4, 0.5) is 0 Å². The van der Waals surface area contributed by atoms with Gasteiger partial charge in [-0.25, -0.2) is 0 Å². The Bertz CT molecular complexity index is 231. The van der Waals surface area contributed by atoms with Gasteiger partial charge in [-0.2, -0.15) is 0 Å². The molecule has 0 aromatic heterocycles. The average Bonchev–Trinajstić information content (AvgIpc) is 2.78. The van der Waals surface area contributed by atoms with Crippen molar-refractivity contribution >= 4 is 6.29 Å². The number of rotatable bonds is 5. The van der Waals surface area contributed by atoms with E-state index >= 15 is 0 Å². The third-order valence-corrected chi connectivity index (χ3v) is 4.13. The molecule has 1 heteroatoms. The zero-order chi connectivity index (χ0) is 9.97. The molecule has 0 aromatic rings. The van der Waals surface area contributed by atoms with Crippen LogP contribution in [-0.2, 0) is 4.79 Å². The lowest BCUT2D eigenvalue weighted by Gasteiger charge is -2.26. The predicted octanol–water partition coefficient (Wildman–Crippen LogP) is 3.20. The van der Waals surface area contributed by atoms with Crippen LogP contribution < -0.4 is 0 Å². The van der Waals surface area contributed by atoms with Crippen molar-refractivity contribution in [1.82, 2.24) is 0 Å². The van der Waals surface area contributed by atoms with Gasteiger partial charge in [-0.15, -0.1) is 0 Å². The fraction of sp³-hybridized carbons (Fsp3) is 0.769. The molecule has 0 radical (unpaired) electrons. The van der Waals surface area contributed by atoms with Crippen LogP contribution in [0.25, 0.3) is 0 Å². The van der Waals surface area contributed by atoms with E-state index in [4.69, 9.17) is 0 Å². The fourth-order valence-corrected chi connectivity index (χ4v) is 3.50. The Morgan fingerprint density at radius 3 is 2.64 bits per heavy atom. The van der Waals surface area contributed by atoms with Gasteiger partial charge in [0.15, 0.2) is 0 Å². The molecule has 0 aliphatic heterocycles. The summed E-state index contributed by atoms with van der Waals surface area (Å²) in [6, 6.07) is 0. The first-order chi connectivity index (χ1) is 6.86. The SMILES string of the molecule is CCC1C2C=CC(C2)C1CCCC=O. The van der Waals surface area contributed by atoms with Gasteiger partial charge in [0.1, 0.15) is 6.29 Å². The first-order valence-electron chi connectivity index (χ1n) is 5.98. The summed E-state index contributed by atoms with van der Waals surface area (Å²) in [7, 11) is 0.